The lowest BCUT2D eigenvalue weighted by molar-refractivity contribution is -0.141. The fourth-order valence-electron chi connectivity index (χ4n) is 3.77. The number of hydrogen-bond acceptors (Lipinski definition) is 3. The molecule has 0 aromatic carbocycles. The van der Waals surface area contributed by atoms with E-state index < -0.39 is 11.9 Å². The number of halogens is 3. The molecule has 2 bridgehead atoms. The summed E-state index contributed by atoms with van der Waals surface area (Å²) in [6, 6.07) is 1.38. The third kappa shape index (κ3) is 2.15. The van der Waals surface area contributed by atoms with Crippen molar-refractivity contribution in [2.75, 3.05) is 5.32 Å². The first-order valence-corrected chi connectivity index (χ1v) is 7.19. The van der Waals surface area contributed by atoms with Gasteiger partial charge in [0.15, 0.2) is 11.5 Å². The van der Waals surface area contributed by atoms with E-state index >= 15 is 0 Å². The third-order valence-electron chi connectivity index (χ3n) is 4.74. The molecule has 2 heterocycles. The van der Waals surface area contributed by atoms with Gasteiger partial charge >= 0.3 is 6.18 Å². The average molecular weight is 296 g/mol. The molecule has 0 saturated heterocycles. The SMILES string of the molecule is FC(F)(F)c1cc2c(NC3CC4CCC3C4)nccn2n1. The van der Waals surface area contributed by atoms with Crippen LogP contribution in [0, 0.1) is 11.8 Å². The number of alkyl halides is 3. The summed E-state index contributed by atoms with van der Waals surface area (Å²) < 4.78 is 39.5. The van der Waals surface area contributed by atoms with Gasteiger partial charge in [0.25, 0.3) is 0 Å². The van der Waals surface area contributed by atoms with Gasteiger partial charge in [-0.3, -0.25) is 0 Å². The zero-order chi connectivity index (χ0) is 14.6. The second-order valence-corrected chi connectivity index (χ2v) is 6.06. The molecule has 2 aromatic rings. The minimum Gasteiger partial charge on any atom is -0.365 e. The van der Waals surface area contributed by atoms with Crippen LogP contribution >= 0.6 is 0 Å². The van der Waals surface area contributed by atoms with Gasteiger partial charge in [-0.05, 0) is 31.1 Å². The van der Waals surface area contributed by atoms with Crippen LogP contribution < -0.4 is 5.32 Å². The summed E-state index contributed by atoms with van der Waals surface area (Å²) in [7, 11) is 0. The van der Waals surface area contributed by atoms with Crippen molar-refractivity contribution < 1.29 is 13.2 Å². The van der Waals surface area contributed by atoms with Crippen LogP contribution in [0.4, 0.5) is 19.0 Å². The van der Waals surface area contributed by atoms with Gasteiger partial charge in [-0.25, -0.2) is 9.50 Å². The van der Waals surface area contributed by atoms with Crippen molar-refractivity contribution in [2.24, 2.45) is 11.8 Å². The molecule has 2 fully saturated rings. The first-order chi connectivity index (χ1) is 10.0. The van der Waals surface area contributed by atoms with E-state index in [0.29, 0.717) is 23.3 Å². The standard InChI is InChI=1S/C14H15F3N4/c15-14(16,17)12-7-11-13(18-3-4-21(11)20-12)19-10-6-8-1-2-9(10)5-8/h3-4,7-10H,1-2,5-6H2,(H,18,19). The first kappa shape index (κ1) is 12.9. The van der Waals surface area contributed by atoms with E-state index in [9.17, 15) is 13.2 Å². The normalized spacial score (nSPS) is 28.4. The Balaban J connectivity index is 1.67. The van der Waals surface area contributed by atoms with E-state index in [2.05, 4.69) is 15.4 Å². The maximum atomic E-state index is 12.8. The van der Waals surface area contributed by atoms with Gasteiger partial charge in [0.2, 0.25) is 0 Å². The summed E-state index contributed by atoms with van der Waals surface area (Å²) in [6.07, 6.45) is 3.30. The van der Waals surface area contributed by atoms with Gasteiger partial charge in [-0.15, -0.1) is 0 Å². The molecule has 0 aliphatic heterocycles. The number of aromatic nitrogens is 3. The Morgan fingerprint density at radius 2 is 2.10 bits per heavy atom. The zero-order valence-electron chi connectivity index (χ0n) is 11.3. The average Bonchev–Trinajstić information content (AvgIpc) is 3.12. The van der Waals surface area contributed by atoms with Gasteiger partial charge in [0.05, 0.1) is 0 Å². The molecule has 3 unspecified atom stereocenters. The van der Waals surface area contributed by atoms with Crippen molar-refractivity contribution in [3.8, 4) is 0 Å². The van der Waals surface area contributed by atoms with Crippen LogP contribution in [0.15, 0.2) is 18.5 Å². The smallest absolute Gasteiger partial charge is 0.365 e. The van der Waals surface area contributed by atoms with Crippen molar-refractivity contribution in [1.82, 2.24) is 14.6 Å². The topological polar surface area (TPSA) is 42.2 Å². The van der Waals surface area contributed by atoms with Crippen molar-refractivity contribution in [3.05, 3.63) is 24.2 Å². The Morgan fingerprint density at radius 1 is 1.24 bits per heavy atom. The molecule has 0 amide bonds. The molecule has 112 valence electrons. The zero-order valence-corrected chi connectivity index (χ0v) is 11.3. The van der Waals surface area contributed by atoms with Crippen LogP contribution in [0.25, 0.3) is 5.52 Å². The highest BCUT2D eigenvalue weighted by Gasteiger charge is 2.40. The van der Waals surface area contributed by atoms with E-state index in [0.717, 1.165) is 18.4 Å². The van der Waals surface area contributed by atoms with E-state index in [1.807, 2.05) is 0 Å². The lowest BCUT2D eigenvalue weighted by atomic mass is 9.95. The van der Waals surface area contributed by atoms with Crippen LogP contribution in [-0.4, -0.2) is 20.6 Å². The van der Waals surface area contributed by atoms with Gasteiger partial charge in [-0.2, -0.15) is 18.3 Å². The summed E-state index contributed by atoms with van der Waals surface area (Å²) >= 11 is 0. The van der Waals surface area contributed by atoms with Gasteiger partial charge in [0.1, 0.15) is 5.52 Å². The van der Waals surface area contributed by atoms with Crippen molar-refractivity contribution >= 4 is 11.3 Å². The first-order valence-electron chi connectivity index (χ1n) is 7.19. The summed E-state index contributed by atoms with van der Waals surface area (Å²) in [4.78, 5) is 4.21. The van der Waals surface area contributed by atoms with Crippen LogP contribution in [0.3, 0.4) is 0 Å². The predicted octanol–water partition coefficient (Wildman–Crippen LogP) is 3.35. The maximum absolute atomic E-state index is 12.8. The molecule has 0 radical (unpaired) electrons. The second-order valence-electron chi connectivity index (χ2n) is 6.06. The minimum absolute atomic E-state index is 0.326. The molecule has 2 aliphatic rings. The fraction of sp³-hybridized carbons (Fsp3) is 0.571. The van der Waals surface area contributed by atoms with Crippen LogP contribution in [0.5, 0.6) is 0 Å². The predicted molar refractivity (Wildman–Crippen MR) is 70.8 cm³/mol. The van der Waals surface area contributed by atoms with Crippen molar-refractivity contribution in [1.29, 1.82) is 0 Å². The van der Waals surface area contributed by atoms with E-state index in [4.69, 9.17) is 0 Å². The number of rotatable bonds is 2. The molecule has 2 aliphatic carbocycles. The molecule has 2 saturated carbocycles. The highest BCUT2D eigenvalue weighted by atomic mass is 19.4. The molecular weight excluding hydrogens is 281 g/mol. The molecule has 7 heteroatoms. The summed E-state index contributed by atoms with van der Waals surface area (Å²) in [5.41, 5.74) is -0.501. The maximum Gasteiger partial charge on any atom is 0.435 e. The highest BCUT2D eigenvalue weighted by molar-refractivity contribution is 5.68. The number of fused-ring (bicyclic) bond motifs is 3. The van der Waals surface area contributed by atoms with Crippen LogP contribution in [0.1, 0.15) is 31.4 Å². The molecule has 4 rings (SSSR count). The molecule has 21 heavy (non-hydrogen) atoms. The molecule has 3 atom stereocenters. The molecular formula is C14H15F3N4. The lowest BCUT2D eigenvalue weighted by Crippen LogP contribution is -2.26. The van der Waals surface area contributed by atoms with Crippen molar-refractivity contribution in [2.45, 2.75) is 37.9 Å². The summed E-state index contributed by atoms with van der Waals surface area (Å²) in [5, 5.41) is 6.92. The van der Waals surface area contributed by atoms with Gasteiger partial charge in [0, 0.05) is 24.5 Å². The van der Waals surface area contributed by atoms with E-state index in [1.54, 1.807) is 0 Å². The number of hydrogen-bond donors (Lipinski definition) is 1. The lowest BCUT2D eigenvalue weighted by Gasteiger charge is -2.23. The van der Waals surface area contributed by atoms with E-state index in [-0.39, 0.29) is 0 Å². The Hall–Kier alpha value is -1.79. The molecule has 4 nitrogen and oxygen atoms in total. The quantitative estimate of drug-likeness (QED) is 0.924. The monoisotopic (exact) mass is 296 g/mol. The van der Waals surface area contributed by atoms with Crippen LogP contribution in [-0.2, 0) is 6.18 Å². The summed E-state index contributed by atoms with van der Waals surface area (Å²) in [5.74, 6) is 1.89. The number of anilines is 1. The third-order valence-corrected chi connectivity index (χ3v) is 4.74. The Morgan fingerprint density at radius 3 is 2.76 bits per heavy atom. The minimum atomic E-state index is -4.43. The molecule has 1 N–H and O–H groups in total. The molecule has 0 spiro atoms. The van der Waals surface area contributed by atoms with Crippen LogP contribution in [0.2, 0.25) is 0 Å². The highest BCUT2D eigenvalue weighted by Crippen LogP contribution is 2.45. The van der Waals surface area contributed by atoms with E-state index in [1.165, 1.54) is 36.2 Å². The van der Waals surface area contributed by atoms with Gasteiger partial charge < -0.3 is 5.32 Å². The van der Waals surface area contributed by atoms with Gasteiger partial charge in [-0.1, -0.05) is 6.42 Å². The Kier molecular flexibility index (Phi) is 2.68. The second kappa shape index (κ2) is 4.35. The number of nitrogens with one attached hydrogen (secondary N) is 1. The fourth-order valence-corrected chi connectivity index (χ4v) is 3.77. The van der Waals surface area contributed by atoms with Crippen molar-refractivity contribution in [3.63, 3.8) is 0 Å². The number of nitrogens with zero attached hydrogens (tertiary/aromatic N) is 3. The largest absolute Gasteiger partial charge is 0.435 e. The Labute approximate surface area is 119 Å². The molecule has 2 aromatic heterocycles. The Bertz CT molecular complexity index is 678. The summed E-state index contributed by atoms with van der Waals surface area (Å²) in [6.45, 7) is 0.